The van der Waals surface area contributed by atoms with Crippen LogP contribution in [0.1, 0.15) is 46.3 Å². The number of hydrogen-bond acceptors (Lipinski definition) is 2. The fourth-order valence-electron chi connectivity index (χ4n) is 2.47. The number of aromatic carboxylic acids is 1. The van der Waals surface area contributed by atoms with E-state index in [4.69, 9.17) is 5.26 Å². The van der Waals surface area contributed by atoms with E-state index in [2.05, 4.69) is 0 Å². The van der Waals surface area contributed by atoms with Crippen LogP contribution in [0.3, 0.4) is 0 Å². The van der Waals surface area contributed by atoms with Crippen molar-refractivity contribution in [3.63, 3.8) is 0 Å². The lowest BCUT2D eigenvalue weighted by molar-refractivity contribution is 0.0695. The van der Waals surface area contributed by atoms with Gasteiger partial charge in [-0.15, -0.1) is 0 Å². The van der Waals surface area contributed by atoms with Crippen molar-refractivity contribution in [3.05, 3.63) is 70.5 Å². The molecule has 0 aromatic heterocycles. The molecule has 0 fully saturated rings. The molecule has 0 amide bonds. The number of carboxylic acid groups (broad SMARTS) is 1. The molecule has 0 aliphatic heterocycles. The van der Waals surface area contributed by atoms with Crippen molar-refractivity contribution in [2.45, 2.75) is 19.3 Å². The summed E-state index contributed by atoms with van der Waals surface area (Å²) in [7, 11) is 0. The molecule has 0 heterocycles. The number of halogens is 1. The first-order chi connectivity index (χ1) is 10.1. The molecule has 0 bridgehead atoms. The van der Waals surface area contributed by atoms with Crippen LogP contribution in [0.4, 0.5) is 4.39 Å². The average Bonchev–Trinajstić information content (AvgIpc) is 2.48. The standard InChI is InChI=1S/C17H14FNO2/c1-2-13(11-7-8-12(10-19)16(18)9-11)14-5-3-4-6-15(14)17(20)21/h3-9,13H,2H2,1H3,(H,20,21). The smallest absolute Gasteiger partial charge is 0.335 e. The Morgan fingerprint density at radius 3 is 2.62 bits per heavy atom. The molecule has 0 aliphatic carbocycles. The second-order valence-corrected chi connectivity index (χ2v) is 4.70. The van der Waals surface area contributed by atoms with Gasteiger partial charge in [0.15, 0.2) is 0 Å². The van der Waals surface area contributed by atoms with Gasteiger partial charge in [0.05, 0.1) is 11.1 Å². The van der Waals surface area contributed by atoms with E-state index in [1.54, 1.807) is 36.4 Å². The predicted octanol–water partition coefficient (Wildman–Crippen LogP) is 3.94. The number of nitriles is 1. The maximum absolute atomic E-state index is 13.8. The van der Waals surface area contributed by atoms with Gasteiger partial charge in [-0.1, -0.05) is 31.2 Å². The second kappa shape index (κ2) is 6.19. The van der Waals surface area contributed by atoms with E-state index >= 15 is 0 Å². The summed E-state index contributed by atoms with van der Waals surface area (Å²) >= 11 is 0. The first-order valence-corrected chi connectivity index (χ1v) is 6.60. The Kier molecular flexibility index (Phi) is 4.34. The molecule has 1 unspecified atom stereocenters. The molecule has 21 heavy (non-hydrogen) atoms. The summed E-state index contributed by atoms with van der Waals surface area (Å²) in [6.45, 7) is 1.92. The highest BCUT2D eigenvalue weighted by Gasteiger charge is 2.19. The van der Waals surface area contributed by atoms with Crippen molar-refractivity contribution in [1.29, 1.82) is 5.26 Å². The summed E-state index contributed by atoms with van der Waals surface area (Å²) in [4.78, 5) is 11.3. The average molecular weight is 283 g/mol. The Bertz CT molecular complexity index is 719. The number of rotatable bonds is 4. The lowest BCUT2D eigenvalue weighted by Crippen LogP contribution is -2.08. The van der Waals surface area contributed by atoms with Crippen LogP contribution in [-0.4, -0.2) is 11.1 Å². The summed E-state index contributed by atoms with van der Waals surface area (Å²) in [5, 5.41) is 18.0. The van der Waals surface area contributed by atoms with Gasteiger partial charge >= 0.3 is 5.97 Å². The zero-order valence-corrected chi connectivity index (χ0v) is 11.5. The van der Waals surface area contributed by atoms with Gasteiger partial charge in [-0.05, 0) is 35.7 Å². The van der Waals surface area contributed by atoms with Crippen LogP contribution in [0, 0.1) is 17.1 Å². The molecule has 0 aliphatic rings. The van der Waals surface area contributed by atoms with E-state index in [1.165, 1.54) is 12.1 Å². The van der Waals surface area contributed by atoms with E-state index in [0.29, 0.717) is 17.5 Å². The highest BCUT2D eigenvalue weighted by molar-refractivity contribution is 5.89. The monoisotopic (exact) mass is 283 g/mol. The van der Waals surface area contributed by atoms with Gasteiger partial charge in [0, 0.05) is 5.92 Å². The maximum atomic E-state index is 13.8. The highest BCUT2D eigenvalue weighted by atomic mass is 19.1. The van der Waals surface area contributed by atoms with Crippen LogP contribution in [0.25, 0.3) is 0 Å². The predicted molar refractivity (Wildman–Crippen MR) is 76.7 cm³/mol. The van der Waals surface area contributed by atoms with Crippen molar-refractivity contribution in [3.8, 4) is 6.07 Å². The Morgan fingerprint density at radius 1 is 1.33 bits per heavy atom. The zero-order chi connectivity index (χ0) is 15.4. The summed E-state index contributed by atoms with van der Waals surface area (Å²) in [6.07, 6.45) is 0.635. The molecular formula is C17H14FNO2. The van der Waals surface area contributed by atoms with Crippen molar-refractivity contribution in [1.82, 2.24) is 0 Å². The number of benzene rings is 2. The molecule has 0 saturated heterocycles. The summed E-state index contributed by atoms with van der Waals surface area (Å²) in [5.74, 6) is -1.81. The second-order valence-electron chi connectivity index (χ2n) is 4.70. The van der Waals surface area contributed by atoms with Gasteiger partial charge in [0.2, 0.25) is 0 Å². The third-order valence-corrected chi connectivity index (χ3v) is 3.49. The Morgan fingerprint density at radius 2 is 2.05 bits per heavy atom. The molecule has 0 radical (unpaired) electrons. The van der Waals surface area contributed by atoms with E-state index in [1.807, 2.05) is 6.92 Å². The third-order valence-electron chi connectivity index (χ3n) is 3.49. The summed E-state index contributed by atoms with van der Waals surface area (Å²) in [5.41, 5.74) is 1.52. The van der Waals surface area contributed by atoms with Crippen LogP contribution >= 0.6 is 0 Å². The van der Waals surface area contributed by atoms with Crippen molar-refractivity contribution in [2.24, 2.45) is 0 Å². The number of carboxylic acids is 1. The lowest BCUT2D eigenvalue weighted by atomic mass is 9.86. The molecule has 4 heteroatoms. The fourth-order valence-corrected chi connectivity index (χ4v) is 2.47. The van der Waals surface area contributed by atoms with Gasteiger partial charge in [-0.25, -0.2) is 9.18 Å². The normalized spacial score (nSPS) is 11.7. The molecule has 1 atom stereocenters. The van der Waals surface area contributed by atoms with Crippen LogP contribution in [0.15, 0.2) is 42.5 Å². The summed E-state index contributed by atoms with van der Waals surface area (Å²) in [6, 6.07) is 12.9. The molecule has 106 valence electrons. The Balaban J connectivity index is 2.53. The SMILES string of the molecule is CCC(c1ccc(C#N)c(F)c1)c1ccccc1C(=O)O. The highest BCUT2D eigenvalue weighted by Crippen LogP contribution is 2.31. The van der Waals surface area contributed by atoms with E-state index in [-0.39, 0.29) is 17.0 Å². The van der Waals surface area contributed by atoms with E-state index < -0.39 is 11.8 Å². The molecule has 2 aromatic carbocycles. The minimum Gasteiger partial charge on any atom is -0.478 e. The van der Waals surface area contributed by atoms with Gasteiger partial charge in [-0.3, -0.25) is 0 Å². The van der Waals surface area contributed by atoms with E-state index in [9.17, 15) is 14.3 Å². The quantitative estimate of drug-likeness (QED) is 0.924. The number of carbonyl (C=O) groups is 1. The van der Waals surface area contributed by atoms with Crippen molar-refractivity contribution >= 4 is 5.97 Å². The number of hydrogen-bond donors (Lipinski definition) is 1. The van der Waals surface area contributed by atoms with Gasteiger partial charge in [0.1, 0.15) is 11.9 Å². The first kappa shape index (κ1) is 14.7. The fraction of sp³-hybridized carbons (Fsp3) is 0.176. The molecule has 2 aromatic rings. The lowest BCUT2D eigenvalue weighted by Gasteiger charge is -2.18. The van der Waals surface area contributed by atoms with Crippen LogP contribution in [0.2, 0.25) is 0 Å². The Hall–Kier alpha value is -2.67. The Labute approximate surface area is 122 Å². The van der Waals surface area contributed by atoms with Crippen LogP contribution in [0.5, 0.6) is 0 Å². The van der Waals surface area contributed by atoms with Gasteiger partial charge in [0.25, 0.3) is 0 Å². The van der Waals surface area contributed by atoms with Crippen molar-refractivity contribution in [2.75, 3.05) is 0 Å². The first-order valence-electron chi connectivity index (χ1n) is 6.60. The molecule has 2 rings (SSSR count). The minimum atomic E-state index is -1.00. The molecule has 0 saturated carbocycles. The molecule has 3 nitrogen and oxygen atoms in total. The topological polar surface area (TPSA) is 61.1 Å². The molecular weight excluding hydrogens is 269 g/mol. The van der Waals surface area contributed by atoms with E-state index in [0.717, 1.165) is 0 Å². The largest absolute Gasteiger partial charge is 0.478 e. The number of nitrogens with zero attached hydrogens (tertiary/aromatic N) is 1. The minimum absolute atomic E-state index is 0.0138. The van der Waals surface area contributed by atoms with Crippen LogP contribution in [-0.2, 0) is 0 Å². The molecule has 1 N–H and O–H groups in total. The molecule has 0 spiro atoms. The van der Waals surface area contributed by atoms with Crippen LogP contribution < -0.4 is 0 Å². The van der Waals surface area contributed by atoms with Gasteiger partial charge < -0.3 is 5.11 Å². The van der Waals surface area contributed by atoms with Gasteiger partial charge in [-0.2, -0.15) is 5.26 Å². The third kappa shape index (κ3) is 2.92. The maximum Gasteiger partial charge on any atom is 0.335 e. The zero-order valence-electron chi connectivity index (χ0n) is 11.5. The summed E-state index contributed by atoms with van der Waals surface area (Å²) < 4.78 is 13.8. The van der Waals surface area contributed by atoms with Crippen molar-refractivity contribution < 1.29 is 14.3 Å².